The molecule has 0 bridgehead atoms. The van der Waals surface area contributed by atoms with Gasteiger partial charge in [0.15, 0.2) is 6.10 Å². The summed E-state index contributed by atoms with van der Waals surface area (Å²) in [7, 11) is -3.60. The second-order valence-electron chi connectivity index (χ2n) is 6.89. The highest BCUT2D eigenvalue weighted by Crippen LogP contribution is 2.15. The fourth-order valence-electron chi connectivity index (χ4n) is 2.50. The molecule has 8 heteroatoms. The van der Waals surface area contributed by atoms with Crippen LogP contribution in [0.2, 0.25) is 0 Å². The Kier molecular flexibility index (Phi) is 7.53. The van der Waals surface area contributed by atoms with Gasteiger partial charge in [-0.3, -0.25) is 4.79 Å². The molecule has 0 aliphatic heterocycles. The Balaban J connectivity index is 1.97. The van der Waals surface area contributed by atoms with E-state index < -0.39 is 28.0 Å². The maximum atomic E-state index is 12.3. The first-order valence-corrected chi connectivity index (χ1v) is 10.8. The molecule has 156 valence electrons. The summed E-state index contributed by atoms with van der Waals surface area (Å²) in [6.07, 6.45) is -0.152. The Morgan fingerprint density at radius 1 is 0.966 bits per heavy atom. The number of ether oxygens (including phenoxy) is 1. The number of carbonyl (C=O) groups is 2. The summed E-state index contributed by atoms with van der Waals surface area (Å²) in [4.78, 5) is 24.6. The van der Waals surface area contributed by atoms with Crippen molar-refractivity contribution in [3.8, 4) is 0 Å². The number of sulfonamides is 1. The van der Waals surface area contributed by atoms with E-state index in [2.05, 4.69) is 10.0 Å². The third-order valence-corrected chi connectivity index (χ3v) is 5.75. The minimum atomic E-state index is -3.60. The van der Waals surface area contributed by atoms with E-state index in [1.807, 2.05) is 19.1 Å². The molecule has 0 aliphatic rings. The van der Waals surface area contributed by atoms with Crippen molar-refractivity contribution >= 4 is 27.6 Å². The van der Waals surface area contributed by atoms with E-state index in [0.717, 1.165) is 12.0 Å². The van der Waals surface area contributed by atoms with E-state index >= 15 is 0 Å². The molecule has 1 atom stereocenters. The SMILES string of the molecule is CCc1ccc(C(=O)O[C@@H](C)C(=O)Nc2ccc(S(=O)(=O)NC(C)C)cc2)cc1. The summed E-state index contributed by atoms with van der Waals surface area (Å²) in [5, 5.41) is 2.60. The molecule has 0 radical (unpaired) electrons. The largest absolute Gasteiger partial charge is 0.449 e. The van der Waals surface area contributed by atoms with Gasteiger partial charge in [0, 0.05) is 11.7 Å². The van der Waals surface area contributed by atoms with Crippen molar-refractivity contribution in [2.45, 2.75) is 51.2 Å². The molecule has 0 spiro atoms. The Morgan fingerprint density at radius 2 is 1.55 bits per heavy atom. The Morgan fingerprint density at radius 3 is 2.07 bits per heavy atom. The lowest BCUT2D eigenvalue weighted by Crippen LogP contribution is -2.30. The van der Waals surface area contributed by atoms with Gasteiger partial charge in [0.1, 0.15) is 0 Å². The number of carbonyl (C=O) groups excluding carboxylic acids is 2. The van der Waals surface area contributed by atoms with Crippen LogP contribution < -0.4 is 10.0 Å². The third-order valence-electron chi connectivity index (χ3n) is 4.07. The molecule has 0 saturated carbocycles. The van der Waals surface area contributed by atoms with Gasteiger partial charge < -0.3 is 10.1 Å². The Hall–Kier alpha value is -2.71. The molecule has 0 aromatic heterocycles. The van der Waals surface area contributed by atoms with Crippen molar-refractivity contribution in [3.05, 3.63) is 59.7 Å². The number of esters is 1. The molecule has 0 aliphatic carbocycles. The average molecular weight is 419 g/mol. The molecule has 2 aromatic carbocycles. The zero-order chi connectivity index (χ0) is 21.6. The van der Waals surface area contributed by atoms with Gasteiger partial charge in [0.25, 0.3) is 5.91 Å². The lowest BCUT2D eigenvalue weighted by atomic mass is 10.1. The summed E-state index contributed by atoms with van der Waals surface area (Å²) in [5.74, 6) is -1.10. The van der Waals surface area contributed by atoms with Crippen molar-refractivity contribution in [2.75, 3.05) is 5.32 Å². The number of hydrogen-bond donors (Lipinski definition) is 2. The van der Waals surface area contributed by atoms with E-state index in [9.17, 15) is 18.0 Å². The molecule has 0 heterocycles. The topological polar surface area (TPSA) is 102 Å². The molecule has 2 aromatic rings. The number of rotatable bonds is 8. The molecule has 0 fully saturated rings. The number of hydrogen-bond acceptors (Lipinski definition) is 5. The summed E-state index contributed by atoms with van der Waals surface area (Å²) < 4.78 is 31.9. The average Bonchev–Trinajstić information content (AvgIpc) is 2.67. The standard InChI is InChI=1S/C21H26N2O5S/c1-5-16-6-8-17(9-7-16)21(25)28-15(4)20(24)22-18-10-12-19(13-11-18)29(26,27)23-14(2)3/h6-15,23H,5H2,1-4H3,(H,22,24)/t15-/m0/s1. The van der Waals surface area contributed by atoms with Crippen molar-refractivity contribution in [1.29, 1.82) is 0 Å². The molecule has 2 rings (SSSR count). The van der Waals surface area contributed by atoms with Crippen LogP contribution in [0.3, 0.4) is 0 Å². The summed E-state index contributed by atoms with van der Waals surface area (Å²) in [6.45, 7) is 6.95. The van der Waals surface area contributed by atoms with Gasteiger partial charge in [0.2, 0.25) is 10.0 Å². The predicted molar refractivity (Wildman–Crippen MR) is 111 cm³/mol. The van der Waals surface area contributed by atoms with Crippen LogP contribution in [-0.2, 0) is 26.0 Å². The van der Waals surface area contributed by atoms with Crippen LogP contribution in [0.1, 0.15) is 43.6 Å². The van der Waals surface area contributed by atoms with Crippen LogP contribution in [-0.4, -0.2) is 32.4 Å². The lowest BCUT2D eigenvalue weighted by Gasteiger charge is -2.14. The number of benzene rings is 2. The maximum Gasteiger partial charge on any atom is 0.338 e. The van der Waals surface area contributed by atoms with Gasteiger partial charge in [0.05, 0.1) is 10.5 Å². The van der Waals surface area contributed by atoms with Gasteiger partial charge in [-0.15, -0.1) is 0 Å². The number of nitrogens with one attached hydrogen (secondary N) is 2. The Labute approximate surface area is 171 Å². The minimum absolute atomic E-state index is 0.0965. The van der Waals surface area contributed by atoms with Crippen LogP contribution >= 0.6 is 0 Å². The molecule has 1 amide bonds. The molecule has 7 nitrogen and oxygen atoms in total. The monoisotopic (exact) mass is 418 g/mol. The van der Waals surface area contributed by atoms with Crippen LogP contribution in [0.5, 0.6) is 0 Å². The van der Waals surface area contributed by atoms with Gasteiger partial charge in [-0.05, 0) is 69.2 Å². The van der Waals surface area contributed by atoms with E-state index in [0.29, 0.717) is 11.3 Å². The third kappa shape index (κ3) is 6.40. The van der Waals surface area contributed by atoms with Crippen LogP contribution in [0, 0.1) is 0 Å². The minimum Gasteiger partial charge on any atom is -0.449 e. The van der Waals surface area contributed by atoms with Crippen LogP contribution in [0.25, 0.3) is 0 Å². The van der Waals surface area contributed by atoms with Gasteiger partial charge in [-0.2, -0.15) is 0 Å². The van der Waals surface area contributed by atoms with E-state index in [1.165, 1.54) is 31.2 Å². The first-order valence-electron chi connectivity index (χ1n) is 9.35. The molecular weight excluding hydrogens is 392 g/mol. The van der Waals surface area contributed by atoms with E-state index in [1.54, 1.807) is 26.0 Å². The fourth-order valence-corrected chi connectivity index (χ4v) is 3.75. The van der Waals surface area contributed by atoms with Crippen LogP contribution in [0.4, 0.5) is 5.69 Å². The highest BCUT2D eigenvalue weighted by molar-refractivity contribution is 7.89. The number of anilines is 1. The highest BCUT2D eigenvalue weighted by atomic mass is 32.2. The second-order valence-corrected chi connectivity index (χ2v) is 8.60. The van der Waals surface area contributed by atoms with Crippen LogP contribution in [0.15, 0.2) is 53.4 Å². The van der Waals surface area contributed by atoms with E-state index in [4.69, 9.17) is 4.74 Å². The second kappa shape index (κ2) is 9.67. The maximum absolute atomic E-state index is 12.3. The summed E-state index contributed by atoms with van der Waals surface area (Å²) in [5.41, 5.74) is 1.86. The molecular formula is C21H26N2O5S. The molecule has 29 heavy (non-hydrogen) atoms. The predicted octanol–water partition coefficient (Wildman–Crippen LogP) is 3.12. The van der Waals surface area contributed by atoms with Crippen molar-refractivity contribution in [1.82, 2.24) is 4.72 Å². The quantitative estimate of drug-likeness (QED) is 0.642. The number of aryl methyl sites for hydroxylation is 1. The molecule has 0 unspecified atom stereocenters. The normalized spacial score (nSPS) is 12.4. The zero-order valence-electron chi connectivity index (χ0n) is 16.9. The summed E-state index contributed by atoms with van der Waals surface area (Å²) in [6, 6.07) is 12.5. The first-order chi connectivity index (χ1) is 13.6. The Bertz CT molecular complexity index is 952. The lowest BCUT2D eigenvalue weighted by molar-refractivity contribution is -0.123. The number of amides is 1. The smallest absolute Gasteiger partial charge is 0.338 e. The molecule has 0 saturated heterocycles. The highest BCUT2D eigenvalue weighted by Gasteiger charge is 2.20. The van der Waals surface area contributed by atoms with Gasteiger partial charge in [-0.1, -0.05) is 19.1 Å². The summed E-state index contributed by atoms with van der Waals surface area (Å²) >= 11 is 0. The van der Waals surface area contributed by atoms with Gasteiger partial charge >= 0.3 is 5.97 Å². The van der Waals surface area contributed by atoms with Crippen molar-refractivity contribution in [3.63, 3.8) is 0 Å². The molecule has 2 N–H and O–H groups in total. The zero-order valence-corrected chi connectivity index (χ0v) is 17.7. The van der Waals surface area contributed by atoms with Crippen molar-refractivity contribution in [2.24, 2.45) is 0 Å². The van der Waals surface area contributed by atoms with E-state index in [-0.39, 0.29) is 10.9 Å². The van der Waals surface area contributed by atoms with Gasteiger partial charge in [-0.25, -0.2) is 17.9 Å². The fraction of sp³-hybridized carbons (Fsp3) is 0.333. The van der Waals surface area contributed by atoms with Crippen molar-refractivity contribution < 1.29 is 22.7 Å². The first kappa shape index (κ1) is 22.6.